The minimum Gasteiger partial charge on any atom is -0.372 e. The molecule has 3 rings (SSSR count). The third-order valence-corrected chi connectivity index (χ3v) is 6.68. The Hall–Kier alpha value is -3.26. The molecule has 0 N–H and O–H groups in total. The molecule has 0 amide bonds. The standard InChI is InChI=1S/C32H40N2/c1-7-31(25-16-20-29(21-17-25)33(9-3)10-4)27-14-13-15-28(24-27)32(8-2)26-18-22-30(23-19-26)34(11-5)12-6/h7-8,13-24H,9-12H2,1-6H3/b31-7-,32-8+. The fourth-order valence-corrected chi connectivity index (χ4v) is 4.74. The van der Waals surface area contributed by atoms with Gasteiger partial charge < -0.3 is 9.80 Å². The first-order valence-corrected chi connectivity index (χ1v) is 12.7. The molecule has 0 unspecified atom stereocenters. The van der Waals surface area contributed by atoms with Gasteiger partial charge in [0.1, 0.15) is 0 Å². The molecule has 3 aromatic rings. The molecule has 0 aliphatic carbocycles. The van der Waals surface area contributed by atoms with Crippen LogP contribution in [0.15, 0.2) is 84.9 Å². The maximum atomic E-state index is 2.38. The summed E-state index contributed by atoms with van der Waals surface area (Å²) in [6.07, 6.45) is 4.44. The van der Waals surface area contributed by atoms with Crippen molar-refractivity contribution in [3.8, 4) is 0 Å². The van der Waals surface area contributed by atoms with E-state index in [-0.39, 0.29) is 0 Å². The maximum absolute atomic E-state index is 2.38. The third kappa shape index (κ3) is 5.62. The largest absolute Gasteiger partial charge is 0.372 e. The van der Waals surface area contributed by atoms with Crippen molar-refractivity contribution < 1.29 is 0 Å². The zero-order valence-electron chi connectivity index (χ0n) is 21.8. The van der Waals surface area contributed by atoms with Crippen LogP contribution in [0.4, 0.5) is 11.4 Å². The minimum absolute atomic E-state index is 1.02. The fraction of sp³-hybridized carbons (Fsp3) is 0.312. The van der Waals surface area contributed by atoms with Crippen molar-refractivity contribution in [3.05, 3.63) is 107 Å². The lowest BCUT2D eigenvalue weighted by molar-refractivity contribution is 0.866. The molecule has 0 aromatic heterocycles. The van der Waals surface area contributed by atoms with Gasteiger partial charge in [0.15, 0.2) is 0 Å². The number of anilines is 2. The number of hydrogen-bond acceptors (Lipinski definition) is 2. The van der Waals surface area contributed by atoms with E-state index in [9.17, 15) is 0 Å². The van der Waals surface area contributed by atoms with Crippen LogP contribution in [0, 0.1) is 0 Å². The van der Waals surface area contributed by atoms with Gasteiger partial charge in [-0.3, -0.25) is 0 Å². The van der Waals surface area contributed by atoms with Crippen molar-refractivity contribution in [1.29, 1.82) is 0 Å². The molecule has 0 saturated carbocycles. The molecule has 0 aliphatic heterocycles. The molecule has 2 heteroatoms. The first-order valence-electron chi connectivity index (χ1n) is 12.7. The van der Waals surface area contributed by atoms with Crippen LogP contribution in [0.25, 0.3) is 11.1 Å². The molecule has 0 saturated heterocycles. The summed E-state index contributed by atoms with van der Waals surface area (Å²) < 4.78 is 0. The van der Waals surface area contributed by atoms with E-state index < -0.39 is 0 Å². The van der Waals surface area contributed by atoms with Crippen molar-refractivity contribution in [3.63, 3.8) is 0 Å². The van der Waals surface area contributed by atoms with E-state index in [4.69, 9.17) is 0 Å². The molecule has 0 radical (unpaired) electrons. The van der Waals surface area contributed by atoms with Gasteiger partial charge in [0.25, 0.3) is 0 Å². The normalized spacial score (nSPS) is 12.1. The van der Waals surface area contributed by atoms with Gasteiger partial charge in [-0.15, -0.1) is 0 Å². The molecule has 0 spiro atoms. The Bertz CT molecular complexity index is 1010. The smallest absolute Gasteiger partial charge is 0.0366 e. The molecule has 3 aromatic carbocycles. The van der Waals surface area contributed by atoms with Crippen LogP contribution in [0.3, 0.4) is 0 Å². The molecule has 0 heterocycles. The topological polar surface area (TPSA) is 6.48 Å². The van der Waals surface area contributed by atoms with Crippen LogP contribution < -0.4 is 9.80 Å². The van der Waals surface area contributed by atoms with E-state index in [1.54, 1.807) is 0 Å². The average molecular weight is 453 g/mol. The van der Waals surface area contributed by atoms with E-state index >= 15 is 0 Å². The second-order valence-electron chi connectivity index (χ2n) is 8.42. The summed E-state index contributed by atoms with van der Waals surface area (Å²) in [5.74, 6) is 0. The molecule has 0 aliphatic rings. The summed E-state index contributed by atoms with van der Waals surface area (Å²) in [6, 6.07) is 26.9. The van der Waals surface area contributed by atoms with E-state index in [2.05, 4.69) is 136 Å². The highest BCUT2D eigenvalue weighted by Crippen LogP contribution is 2.31. The Morgan fingerprint density at radius 3 is 1.18 bits per heavy atom. The zero-order chi connectivity index (χ0) is 24.5. The van der Waals surface area contributed by atoms with Gasteiger partial charge >= 0.3 is 0 Å². The van der Waals surface area contributed by atoms with Gasteiger partial charge in [-0.25, -0.2) is 0 Å². The Morgan fingerprint density at radius 2 is 0.882 bits per heavy atom. The lowest BCUT2D eigenvalue weighted by Gasteiger charge is -2.22. The summed E-state index contributed by atoms with van der Waals surface area (Å²) in [5.41, 5.74) is 10.1. The SMILES string of the molecule is C/C=C(/c1ccc(N(CC)CC)cc1)c1cccc(/C(=C/C)c2ccc(N(CC)CC)cc2)c1. The van der Waals surface area contributed by atoms with Gasteiger partial charge in [0, 0.05) is 37.6 Å². The van der Waals surface area contributed by atoms with Crippen molar-refractivity contribution in [2.24, 2.45) is 0 Å². The second kappa shape index (κ2) is 12.3. The van der Waals surface area contributed by atoms with E-state index in [1.807, 2.05) is 0 Å². The predicted octanol–water partition coefficient (Wildman–Crippen LogP) is 8.28. The number of benzene rings is 3. The molecule has 0 bridgehead atoms. The number of hydrogen-bond donors (Lipinski definition) is 0. The first-order chi connectivity index (χ1) is 16.6. The molecular weight excluding hydrogens is 412 g/mol. The predicted molar refractivity (Wildman–Crippen MR) is 152 cm³/mol. The second-order valence-corrected chi connectivity index (χ2v) is 8.42. The molecule has 0 atom stereocenters. The van der Waals surface area contributed by atoms with Crippen LogP contribution in [-0.2, 0) is 0 Å². The summed E-state index contributed by atoms with van der Waals surface area (Å²) in [5, 5.41) is 0. The highest BCUT2D eigenvalue weighted by Gasteiger charge is 2.10. The lowest BCUT2D eigenvalue weighted by atomic mass is 9.92. The molecular formula is C32H40N2. The van der Waals surface area contributed by atoms with Crippen molar-refractivity contribution in [1.82, 2.24) is 0 Å². The third-order valence-electron chi connectivity index (χ3n) is 6.68. The van der Waals surface area contributed by atoms with Crippen LogP contribution in [0.5, 0.6) is 0 Å². The minimum atomic E-state index is 1.02. The number of nitrogens with zero attached hydrogens (tertiary/aromatic N) is 2. The lowest BCUT2D eigenvalue weighted by Crippen LogP contribution is -2.21. The number of rotatable bonds is 10. The maximum Gasteiger partial charge on any atom is 0.0366 e. The van der Waals surface area contributed by atoms with E-state index in [0.717, 1.165) is 26.2 Å². The van der Waals surface area contributed by atoms with Crippen molar-refractivity contribution >= 4 is 22.5 Å². The van der Waals surface area contributed by atoms with Gasteiger partial charge in [0.05, 0.1) is 0 Å². The summed E-state index contributed by atoms with van der Waals surface area (Å²) in [4.78, 5) is 4.76. The van der Waals surface area contributed by atoms with E-state index in [0.29, 0.717) is 0 Å². The van der Waals surface area contributed by atoms with Crippen LogP contribution in [0.2, 0.25) is 0 Å². The first kappa shape index (κ1) is 25.4. The summed E-state index contributed by atoms with van der Waals surface area (Å²) in [6.45, 7) is 17.2. The van der Waals surface area contributed by atoms with Gasteiger partial charge in [-0.1, -0.05) is 54.6 Å². The quantitative estimate of drug-likeness (QED) is 0.305. The van der Waals surface area contributed by atoms with Crippen molar-refractivity contribution in [2.45, 2.75) is 41.5 Å². The Morgan fingerprint density at radius 1 is 0.529 bits per heavy atom. The zero-order valence-corrected chi connectivity index (χ0v) is 21.8. The van der Waals surface area contributed by atoms with Crippen LogP contribution in [0.1, 0.15) is 63.8 Å². The highest BCUT2D eigenvalue weighted by atomic mass is 15.1. The summed E-state index contributed by atoms with van der Waals surface area (Å²) in [7, 11) is 0. The highest BCUT2D eigenvalue weighted by molar-refractivity contribution is 5.85. The molecule has 34 heavy (non-hydrogen) atoms. The average Bonchev–Trinajstić information content (AvgIpc) is 2.88. The van der Waals surface area contributed by atoms with Gasteiger partial charge in [-0.2, -0.15) is 0 Å². The van der Waals surface area contributed by atoms with Gasteiger partial charge in [-0.05, 0) is 105 Å². The van der Waals surface area contributed by atoms with Gasteiger partial charge in [0.2, 0.25) is 0 Å². The van der Waals surface area contributed by atoms with Crippen molar-refractivity contribution in [2.75, 3.05) is 36.0 Å². The fourth-order valence-electron chi connectivity index (χ4n) is 4.74. The molecule has 0 fully saturated rings. The summed E-state index contributed by atoms with van der Waals surface area (Å²) >= 11 is 0. The monoisotopic (exact) mass is 452 g/mol. The van der Waals surface area contributed by atoms with E-state index in [1.165, 1.54) is 44.8 Å². The van der Waals surface area contributed by atoms with Crippen LogP contribution >= 0.6 is 0 Å². The Balaban J connectivity index is 1.90. The Kier molecular flexibility index (Phi) is 9.16. The van der Waals surface area contributed by atoms with Crippen LogP contribution in [-0.4, -0.2) is 26.2 Å². The Labute approximate surface area is 207 Å². The molecule has 2 nitrogen and oxygen atoms in total. The molecule has 178 valence electrons. The number of allylic oxidation sites excluding steroid dienone is 2.